The minimum Gasteiger partial charge on any atom is -0.423 e. The van der Waals surface area contributed by atoms with Crippen LogP contribution in [-0.2, 0) is 9.59 Å². The first kappa shape index (κ1) is 22.6. The molecule has 3 aromatic carbocycles. The lowest BCUT2D eigenvalue weighted by Crippen LogP contribution is -2.32. The monoisotopic (exact) mass is 453 g/mol. The largest absolute Gasteiger partial charge is 0.423 e. The highest BCUT2D eigenvalue weighted by molar-refractivity contribution is 6.39. The van der Waals surface area contributed by atoms with Gasteiger partial charge in [0.2, 0.25) is 0 Å². The van der Waals surface area contributed by atoms with Gasteiger partial charge < -0.3 is 10.1 Å². The number of nitrogens with one attached hydrogen (secondary N) is 2. The van der Waals surface area contributed by atoms with Crippen molar-refractivity contribution in [1.29, 1.82) is 0 Å². The summed E-state index contributed by atoms with van der Waals surface area (Å²) >= 11 is 5.63. The first-order valence-corrected chi connectivity index (χ1v) is 9.68. The van der Waals surface area contributed by atoms with Gasteiger partial charge in [-0.3, -0.25) is 9.59 Å². The Morgan fingerprint density at radius 1 is 1.00 bits per heavy atom. The van der Waals surface area contributed by atoms with Crippen LogP contribution in [0.25, 0.3) is 0 Å². The number of hydrogen-bond donors (Lipinski definition) is 2. The lowest BCUT2D eigenvalue weighted by Gasteiger charge is -2.06. The molecule has 0 atom stereocenters. The molecule has 3 rings (SSSR count). The van der Waals surface area contributed by atoms with E-state index < -0.39 is 23.6 Å². The Labute approximate surface area is 187 Å². The number of ether oxygens (including phenoxy) is 1. The fourth-order valence-corrected chi connectivity index (χ4v) is 2.75. The van der Waals surface area contributed by atoms with Crippen molar-refractivity contribution < 1.29 is 23.5 Å². The van der Waals surface area contributed by atoms with Crippen LogP contribution in [0.4, 0.5) is 10.1 Å². The second-order valence-corrected chi connectivity index (χ2v) is 7.02. The van der Waals surface area contributed by atoms with Gasteiger partial charge in [0, 0.05) is 5.69 Å². The molecule has 0 radical (unpaired) electrons. The normalized spacial score (nSPS) is 10.6. The molecule has 7 nitrogen and oxygen atoms in total. The number of halogens is 2. The molecular formula is C23H17ClFN3O4. The molecule has 2 amide bonds. The van der Waals surface area contributed by atoms with Crippen LogP contribution in [0, 0.1) is 12.7 Å². The van der Waals surface area contributed by atoms with E-state index >= 15 is 0 Å². The number of hydrogen-bond acceptors (Lipinski definition) is 5. The third-order valence-corrected chi connectivity index (χ3v) is 4.38. The number of benzene rings is 3. The van der Waals surface area contributed by atoms with E-state index in [2.05, 4.69) is 15.8 Å². The molecule has 32 heavy (non-hydrogen) atoms. The SMILES string of the molecule is Cc1cccc(C(=O)Oc2cccc(C=NNC(=O)C(=O)Nc3ccc(F)c(Cl)c3)c2)c1. The first-order chi connectivity index (χ1) is 15.3. The molecule has 0 aromatic heterocycles. The van der Waals surface area contributed by atoms with Crippen LogP contribution in [0.2, 0.25) is 5.02 Å². The maximum absolute atomic E-state index is 13.2. The zero-order chi connectivity index (χ0) is 23.1. The zero-order valence-electron chi connectivity index (χ0n) is 16.8. The second-order valence-electron chi connectivity index (χ2n) is 6.61. The van der Waals surface area contributed by atoms with E-state index in [0.717, 1.165) is 11.6 Å². The molecule has 162 valence electrons. The van der Waals surface area contributed by atoms with Gasteiger partial charge in [-0.05, 0) is 55.0 Å². The molecule has 0 spiro atoms. The summed E-state index contributed by atoms with van der Waals surface area (Å²) in [5, 5.41) is 5.80. The van der Waals surface area contributed by atoms with Crippen LogP contribution in [0.3, 0.4) is 0 Å². The minimum absolute atomic E-state index is 0.156. The Balaban J connectivity index is 1.57. The molecule has 0 fully saturated rings. The van der Waals surface area contributed by atoms with Crippen molar-refractivity contribution in [2.24, 2.45) is 5.10 Å². The zero-order valence-corrected chi connectivity index (χ0v) is 17.5. The van der Waals surface area contributed by atoms with Gasteiger partial charge in [-0.2, -0.15) is 5.10 Å². The van der Waals surface area contributed by atoms with E-state index in [9.17, 15) is 18.8 Å². The molecule has 9 heteroatoms. The molecule has 0 bridgehead atoms. The van der Waals surface area contributed by atoms with E-state index in [4.69, 9.17) is 16.3 Å². The molecule has 0 aliphatic carbocycles. The van der Waals surface area contributed by atoms with Gasteiger partial charge in [0.15, 0.2) is 0 Å². The number of hydrazone groups is 1. The molecule has 0 saturated carbocycles. The van der Waals surface area contributed by atoms with E-state index in [1.807, 2.05) is 13.0 Å². The van der Waals surface area contributed by atoms with Crippen LogP contribution in [-0.4, -0.2) is 24.0 Å². The lowest BCUT2D eigenvalue weighted by atomic mass is 10.1. The summed E-state index contributed by atoms with van der Waals surface area (Å²) in [6, 6.07) is 17.0. The van der Waals surface area contributed by atoms with Gasteiger partial charge in [-0.15, -0.1) is 0 Å². The van der Waals surface area contributed by atoms with E-state index in [1.165, 1.54) is 18.3 Å². The van der Waals surface area contributed by atoms with Gasteiger partial charge in [0.05, 0.1) is 16.8 Å². The van der Waals surface area contributed by atoms with Gasteiger partial charge in [0.25, 0.3) is 0 Å². The summed E-state index contributed by atoms with van der Waals surface area (Å²) in [5.74, 6) is -2.91. The quantitative estimate of drug-likeness (QED) is 0.200. The van der Waals surface area contributed by atoms with Gasteiger partial charge in [-0.1, -0.05) is 41.4 Å². The van der Waals surface area contributed by atoms with Gasteiger partial charge in [0.1, 0.15) is 11.6 Å². The van der Waals surface area contributed by atoms with E-state index in [-0.39, 0.29) is 16.5 Å². The molecular weight excluding hydrogens is 437 g/mol. The number of anilines is 1. The Bertz CT molecular complexity index is 1210. The smallest absolute Gasteiger partial charge is 0.343 e. The average Bonchev–Trinajstić information content (AvgIpc) is 2.76. The van der Waals surface area contributed by atoms with Crippen LogP contribution in [0.15, 0.2) is 71.8 Å². The summed E-state index contributed by atoms with van der Waals surface area (Å²) in [6.45, 7) is 1.87. The predicted octanol–water partition coefficient (Wildman–Crippen LogP) is 4.10. The summed E-state index contributed by atoms with van der Waals surface area (Å²) in [4.78, 5) is 36.0. The van der Waals surface area contributed by atoms with Crippen LogP contribution in [0.5, 0.6) is 5.75 Å². The fraction of sp³-hybridized carbons (Fsp3) is 0.0435. The van der Waals surface area contributed by atoms with Crippen molar-refractivity contribution in [2.75, 3.05) is 5.32 Å². The average molecular weight is 454 g/mol. The molecule has 2 N–H and O–H groups in total. The topological polar surface area (TPSA) is 96.9 Å². The second kappa shape index (κ2) is 10.3. The Hall–Kier alpha value is -4.04. The maximum Gasteiger partial charge on any atom is 0.343 e. The molecule has 3 aromatic rings. The first-order valence-electron chi connectivity index (χ1n) is 9.30. The Morgan fingerprint density at radius 3 is 2.53 bits per heavy atom. The summed E-state index contributed by atoms with van der Waals surface area (Å²) in [5.41, 5.74) is 4.10. The molecule has 0 heterocycles. The number of carbonyl (C=O) groups is 3. The number of carbonyl (C=O) groups excluding carboxylic acids is 3. The van der Waals surface area contributed by atoms with Crippen molar-refractivity contribution >= 4 is 41.3 Å². The van der Waals surface area contributed by atoms with Crippen LogP contribution in [0.1, 0.15) is 21.5 Å². The standard InChI is InChI=1S/C23H17ClFN3O4/c1-14-4-2-6-16(10-14)23(31)32-18-7-3-5-15(11-18)13-26-28-22(30)21(29)27-17-8-9-20(25)19(24)12-17/h2-13H,1H3,(H,27,29)(H,28,30). The Morgan fingerprint density at radius 2 is 1.78 bits per heavy atom. The molecule has 0 aliphatic rings. The lowest BCUT2D eigenvalue weighted by molar-refractivity contribution is -0.136. The fourth-order valence-electron chi connectivity index (χ4n) is 2.57. The summed E-state index contributed by atoms with van der Waals surface area (Å²) in [7, 11) is 0. The number of nitrogens with zero attached hydrogens (tertiary/aromatic N) is 1. The van der Waals surface area contributed by atoms with Crippen molar-refractivity contribution in [3.05, 3.63) is 94.3 Å². The molecule has 0 unspecified atom stereocenters. The third-order valence-electron chi connectivity index (χ3n) is 4.09. The van der Waals surface area contributed by atoms with Crippen LogP contribution < -0.4 is 15.5 Å². The highest BCUT2D eigenvalue weighted by Crippen LogP contribution is 2.19. The number of aryl methyl sites for hydroxylation is 1. The third kappa shape index (κ3) is 6.23. The predicted molar refractivity (Wildman–Crippen MR) is 118 cm³/mol. The molecule has 0 saturated heterocycles. The summed E-state index contributed by atoms with van der Waals surface area (Å²) < 4.78 is 18.5. The van der Waals surface area contributed by atoms with Crippen molar-refractivity contribution in [2.45, 2.75) is 6.92 Å². The Kier molecular flexibility index (Phi) is 7.30. The van der Waals surface area contributed by atoms with Gasteiger partial charge in [-0.25, -0.2) is 14.6 Å². The van der Waals surface area contributed by atoms with Crippen molar-refractivity contribution in [3.63, 3.8) is 0 Å². The molecule has 0 aliphatic heterocycles. The van der Waals surface area contributed by atoms with Crippen LogP contribution >= 0.6 is 11.6 Å². The maximum atomic E-state index is 13.2. The highest BCUT2D eigenvalue weighted by atomic mass is 35.5. The number of esters is 1. The summed E-state index contributed by atoms with van der Waals surface area (Å²) in [6.07, 6.45) is 1.28. The van der Waals surface area contributed by atoms with Crippen molar-refractivity contribution in [1.82, 2.24) is 5.43 Å². The minimum atomic E-state index is -1.04. The van der Waals surface area contributed by atoms with Crippen molar-refractivity contribution in [3.8, 4) is 5.75 Å². The number of amides is 2. The van der Waals surface area contributed by atoms with E-state index in [1.54, 1.807) is 42.5 Å². The van der Waals surface area contributed by atoms with E-state index in [0.29, 0.717) is 11.1 Å². The number of rotatable bonds is 5. The highest BCUT2D eigenvalue weighted by Gasteiger charge is 2.14. The van der Waals surface area contributed by atoms with Gasteiger partial charge >= 0.3 is 17.8 Å².